The van der Waals surface area contributed by atoms with Gasteiger partial charge in [-0.05, 0) is 6.42 Å². The molecule has 0 spiro atoms. The van der Waals surface area contributed by atoms with Gasteiger partial charge in [0.2, 0.25) is 0 Å². The Labute approximate surface area is 92.9 Å². The fourth-order valence-corrected chi connectivity index (χ4v) is 5.72. The Hall–Kier alpha value is -0.100. The van der Waals surface area contributed by atoms with E-state index < -0.39 is 24.3 Å². The summed E-state index contributed by atoms with van der Waals surface area (Å²) >= 11 is 0. The molecule has 0 rings (SSSR count). The summed E-state index contributed by atoms with van der Waals surface area (Å²) in [6.07, 6.45) is 1.65. The second kappa shape index (κ2) is 5.84. The molecule has 0 aliphatic rings. The highest BCUT2D eigenvalue weighted by Gasteiger charge is 2.34. The predicted molar refractivity (Wildman–Crippen MR) is 62.2 cm³/mol. The van der Waals surface area contributed by atoms with Crippen LogP contribution in [0.25, 0.3) is 0 Å². The summed E-state index contributed by atoms with van der Waals surface area (Å²) in [5.74, 6) is -0.221. The van der Waals surface area contributed by atoms with Crippen LogP contribution in [0.5, 0.6) is 0 Å². The van der Waals surface area contributed by atoms with Crippen LogP contribution in [0, 0.1) is 0 Å². The molecule has 0 bridgehead atoms. The zero-order valence-corrected chi connectivity index (χ0v) is 11.2. The van der Waals surface area contributed by atoms with Crippen molar-refractivity contribution in [1.82, 2.24) is 0 Å². The first-order valence-electron chi connectivity index (χ1n) is 5.24. The van der Waals surface area contributed by atoms with Crippen molar-refractivity contribution in [3.63, 3.8) is 0 Å². The molecule has 0 aromatic rings. The maximum absolute atomic E-state index is 11.6. The van der Waals surface area contributed by atoms with Gasteiger partial charge in [0, 0.05) is 11.5 Å². The lowest BCUT2D eigenvalue weighted by Gasteiger charge is -2.15. The van der Waals surface area contributed by atoms with E-state index in [0.29, 0.717) is 6.42 Å². The molecule has 0 heterocycles. The summed E-state index contributed by atoms with van der Waals surface area (Å²) in [4.78, 5) is 0. The van der Waals surface area contributed by atoms with E-state index in [1.807, 2.05) is 6.92 Å². The van der Waals surface area contributed by atoms with E-state index in [2.05, 4.69) is 0 Å². The summed E-state index contributed by atoms with van der Waals surface area (Å²) in [5.41, 5.74) is 0. The SMILES string of the molecule is CCCCC(S(=O)(=O)CC)S(=O)(=O)CC. The van der Waals surface area contributed by atoms with Gasteiger partial charge in [0.05, 0.1) is 0 Å². The van der Waals surface area contributed by atoms with Crippen molar-refractivity contribution in [2.75, 3.05) is 11.5 Å². The molecule has 0 atom stereocenters. The highest BCUT2D eigenvalue weighted by atomic mass is 32.3. The molecule has 0 N–H and O–H groups in total. The van der Waals surface area contributed by atoms with Crippen LogP contribution in [0.15, 0.2) is 0 Å². The summed E-state index contributed by atoms with van der Waals surface area (Å²) in [7, 11) is -6.98. The maximum atomic E-state index is 11.6. The topological polar surface area (TPSA) is 68.3 Å². The Balaban J connectivity index is 5.08. The average molecular weight is 256 g/mol. The van der Waals surface area contributed by atoms with Crippen LogP contribution in [0.3, 0.4) is 0 Å². The number of hydrogen-bond acceptors (Lipinski definition) is 4. The second-order valence-electron chi connectivity index (χ2n) is 3.47. The van der Waals surface area contributed by atoms with Crippen LogP contribution < -0.4 is 0 Å². The molecule has 0 saturated heterocycles. The van der Waals surface area contributed by atoms with Crippen molar-refractivity contribution in [2.45, 2.75) is 44.6 Å². The molecular formula is C9H20O4S2. The van der Waals surface area contributed by atoms with E-state index >= 15 is 0 Å². The molecule has 0 aliphatic heterocycles. The molecule has 0 fully saturated rings. The van der Waals surface area contributed by atoms with Gasteiger partial charge >= 0.3 is 0 Å². The fraction of sp³-hybridized carbons (Fsp3) is 1.00. The van der Waals surface area contributed by atoms with Crippen molar-refractivity contribution in [1.29, 1.82) is 0 Å². The Bertz CT molecular complexity index is 333. The molecule has 0 radical (unpaired) electrons. The standard InChI is InChI=1S/C9H20O4S2/c1-4-7-8-9(14(10,11)5-2)15(12,13)6-3/h9H,4-8H2,1-3H3. The van der Waals surface area contributed by atoms with E-state index in [-0.39, 0.29) is 17.9 Å². The van der Waals surface area contributed by atoms with Crippen molar-refractivity contribution >= 4 is 19.7 Å². The Morgan fingerprint density at radius 1 is 0.867 bits per heavy atom. The van der Waals surface area contributed by atoms with Gasteiger partial charge in [0.15, 0.2) is 24.3 Å². The Morgan fingerprint density at radius 2 is 1.27 bits per heavy atom. The zero-order chi connectivity index (χ0) is 12.1. The summed E-state index contributed by atoms with van der Waals surface area (Å²) in [6, 6.07) is 0. The van der Waals surface area contributed by atoms with Crippen molar-refractivity contribution in [3.05, 3.63) is 0 Å². The lowest BCUT2D eigenvalue weighted by Crippen LogP contribution is -2.32. The molecule has 0 unspecified atom stereocenters. The Kier molecular flexibility index (Phi) is 5.80. The molecule has 0 aromatic carbocycles. The van der Waals surface area contributed by atoms with Gasteiger partial charge in [-0.15, -0.1) is 0 Å². The number of sulfone groups is 2. The van der Waals surface area contributed by atoms with Crippen LogP contribution in [-0.2, 0) is 19.7 Å². The van der Waals surface area contributed by atoms with Gasteiger partial charge in [0.25, 0.3) is 0 Å². The quantitative estimate of drug-likeness (QED) is 0.690. The smallest absolute Gasteiger partial charge is 0.167 e. The molecule has 0 aromatic heterocycles. The molecular weight excluding hydrogens is 236 g/mol. The van der Waals surface area contributed by atoms with E-state index in [1.54, 1.807) is 0 Å². The van der Waals surface area contributed by atoms with Gasteiger partial charge in [0.1, 0.15) is 0 Å². The van der Waals surface area contributed by atoms with Gasteiger partial charge in [-0.25, -0.2) is 16.8 Å². The van der Waals surface area contributed by atoms with Crippen molar-refractivity contribution < 1.29 is 16.8 Å². The second-order valence-corrected chi connectivity index (χ2v) is 8.72. The third kappa shape index (κ3) is 4.10. The van der Waals surface area contributed by atoms with Crippen molar-refractivity contribution in [2.24, 2.45) is 0 Å². The maximum Gasteiger partial charge on any atom is 0.167 e. The van der Waals surface area contributed by atoms with Gasteiger partial charge < -0.3 is 0 Å². The van der Waals surface area contributed by atoms with Crippen LogP contribution in [0.2, 0.25) is 0 Å². The minimum absolute atomic E-state index is 0.111. The first-order valence-corrected chi connectivity index (χ1v) is 8.68. The normalized spacial score (nSPS) is 13.3. The number of hydrogen-bond donors (Lipinski definition) is 0. The molecule has 0 amide bonds. The average Bonchev–Trinajstić information content (AvgIpc) is 2.18. The van der Waals surface area contributed by atoms with Crippen molar-refractivity contribution in [3.8, 4) is 0 Å². The third-order valence-electron chi connectivity index (χ3n) is 2.40. The van der Waals surface area contributed by atoms with Crippen LogP contribution in [-0.4, -0.2) is 32.9 Å². The van der Waals surface area contributed by atoms with Crippen LogP contribution in [0.1, 0.15) is 40.0 Å². The number of unbranched alkanes of at least 4 members (excludes halogenated alkanes) is 1. The minimum atomic E-state index is -3.49. The van der Waals surface area contributed by atoms with Gasteiger partial charge in [-0.1, -0.05) is 33.6 Å². The van der Waals surface area contributed by atoms with E-state index in [1.165, 1.54) is 13.8 Å². The summed E-state index contributed by atoms with van der Waals surface area (Å²) in [5, 5.41) is 0. The summed E-state index contributed by atoms with van der Waals surface area (Å²) < 4.78 is 45.3. The molecule has 6 heteroatoms. The monoisotopic (exact) mass is 256 g/mol. The summed E-state index contributed by atoms with van der Waals surface area (Å²) in [6.45, 7) is 4.88. The third-order valence-corrected chi connectivity index (χ3v) is 7.84. The van der Waals surface area contributed by atoms with Gasteiger partial charge in [-0.2, -0.15) is 0 Å². The first kappa shape index (κ1) is 14.9. The minimum Gasteiger partial charge on any atom is -0.228 e. The Morgan fingerprint density at radius 3 is 1.53 bits per heavy atom. The molecule has 0 aliphatic carbocycles. The molecule has 92 valence electrons. The highest BCUT2D eigenvalue weighted by Crippen LogP contribution is 2.18. The molecule has 0 saturated carbocycles. The van der Waals surface area contributed by atoms with Crippen LogP contribution >= 0.6 is 0 Å². The van der Waals surface area contributed by atoms with E-state index in [4.69, 9.17) is 0 Å². The largest absolute Gasteiger partial charge is 0.228 e. The fourth-order valence-electron chi connectivity index (χ4n) is 1.33. The van der Waals surface area contributed by atoms with Gasteiger partial charge in [-0.3, -0.25) is 0 Å². The highest BCUT2D eigenvalue weighted by molar-refractivity contribution is 8.09. The molecule has 15 heavy (non-hydrogen) atoms. The number of rotatable bonds is 7. The lowest BCUT2D eigenvalue weighted by atomic mass is 10.3. The van der Waals surface area contributed by atoms with E-state index in [9.17, 15) is 16.8 Å². The van der Waals surface area contributed by atoms with E-state index in [0.717, 1.165) is 6.42 Å². The zero-order valence-electron chi connectivity index (χ0n) is 9.56. The van der Waals surface area contributed by atoms with Crippen LogP contribution in [0.4, 0.5) is 0 Å². The lowest BCUT2D eigenvalue weighted by molar-refractivity contribution is 0.565. The predicted octanol–water partition coefficient (Wildman–Crippen LogP) is 1.37. The first-order chi connectivity index (χ1) is 6.81. The molecule has 4 nitrogen and oxygen atoms in total.